The van der Waals surface area contributed by atoms with Crippen LogP contribution in [0, 0.1) is 0 Å². The van der Waals surface area contributed by atoms with Crippen LogP contribution >= 0.6 is 0 Å². The van der Waals surface area contributed by atoms with Gasteiger partial charge in [0.2, 0.25) is 5.91 Å². The molecule has 29 heavy (non-hydrogen) atoms. The number of H-pyrrole nitrogens is 1. The predicted molar refractivity (Wildman–Crippen MR) is 108 cm³/mol. The summed E-state index contributed by atoms with van der Waals surface area (Å²) in [5.74, 6) is 1.37. The minimum Gasteiger partial charge on any atom is -0.450 e. The SMILES string of the molecule is CCOC(=O)N1CC2(C1)C(=O)N(Cc1nc3c([nH]1)C(C)CCC3)c1ccccc12. The van der Waals surface area contributed by atoms with Crippen molar-refractivity contribution in [1.82, 2.24) is 14.9 Å². The van der Waals surface area contributed by atoms with Crippen molar-refractivity contribution >= 4 is 17.7 Å². The Hall–Kier alpha value is -2.83. The molecule has 152 valence electrons. The number of nitrogens with zero attached hydrogens (tertiary/aromatic N) is 3. The first-order chi connectivity index (χ1) is 14.0. The molecule has 1 spiro atoms. The van der Waals surface area contributed by atoms with Gasteiger partial charge >= 0.3 is 6.09 Å². The second kappa shape index (κ2) is 6.61. The molecule has 1 fully saturated rings. The lowest BCUT2D eigenvalue weighted by atomic mass is 9.75. The molecule has 0 saturated carbocycles. The first kappa shape index (κ1) is 18.2. The number of fused-ring (bicyclic) bond motifs is 3. The summed E-state index contributed by atoms with van der Waals surface area (Å²) in [6.45, 7) is 5.50. The summed E-state index contributed by atoms with van der Waals surface area (Å²) in [5, 5.41) is 0. The van der Waals surface area contributed by atoms with E-state index < -0.39 is 5.41 Å². The van der Waals surface area contributed by atoms with Gasteiger partial charge in [-0.05, 0) is 43.7 Å². The minimum atomic E-state index is -0.664. The van der Waals surface area contributed by atoms with Crippen LogP contribution in [0.1, 0.15) is 55.4 Å². The number of nitrogens with one attached hydrogen (secondary N) is 1. The van der Waals surface area contributed by atoms with Crippen LogP contribution in [0.5, 0.6) is 0 Å². The monoisotopic (exact) mass is 394 g/mol. The van der Waals surface area contributed by atoms with E-state index in [0.29, 0.717) is 32.2 Å². The molecule has 0 bridgehead atoms. The summed E-state index contributed by atoms with van der Waals surface area (Å²) < 4.78 is 5.10. The van der Waals surface area contributed by atoms with Crippen LogP contribution in [0.4, 0.5) is 10.5 Å². The van der Waals surface area contributed by atoms with E-state index in [1.54, 1.807) is 11.8 Å². The van der Waals surface area contributed by atoms with E-state index in [0.717, 1.165) is 35.6 Å². The summed E-state index contributed by atoms with van der Waals surface area (Å²) in [7, 11) is 0. The second-order valence-corrected chi connectivity index (χ2v) is 8.38. The van der Waals surface area contributed by atoms with Crippen LogP contribution < -0.4 is 4.90 Å². The second-order valence-electron chi connectivity index (χ2n) is 8.38. The van der Waals surface area contributed by atoms with Crippen molar-refractivity contribution in [2.45, 2.75) is 51.0 Å². The molecule has 1 saturated heterocycles. The highest BCUT2D eigenvalue weighted by atomic mass is 16.6. The van der Waals surface area contributed by atoms with Crippen LogP contribution in [0.25, 0.3) is 0 Å². The molecule has 2 aromatic rings. The van der Waals surface area contributed by atoms with Crippen LogP contribution in [0.3, 0.4) is 0 Å². The first-order valence-corrected chi connectivity index (χ1v) is 10.4. The zero-order chi connectivity index (χ0) is 20.2. The number of anilines is 1. The van der Waals surface area contributed by atoms with E-state index >= 15 is 0 Å². The van der Waals surface area contributed by atoms with Crippen LogP contribution in [0.2, 0.25) is 0 Å². The van der Waals surface area contributed by atoms with E-state index in [-0.39, 0.29) is 12.0 Å². The van der Waals surface area contributed by atoms with Crippen molar-refractivity contribution in [2.24, 2.45) is 0 Å². The van der Waals surface area contributed by atoms with Gasteiger partial charge in [0.05, 0.1) is 18.8 Å². The van der Waals surface area contributed by atoms with E-state index in [1.807, 2.05) is 29.2 Å². The van der Waals surface area contributed by atoms with Gasteiger partial charge in [-0.2, -0.15) is 0 Å². The van der Waals surface area contributed by atoms with E-state index in [4.69, 9.17) is 9.72 Å². The molecule has 5 rings (SSSR count). The van der Waals surface area contributed by atoms with Crippen molar-refractivity contribution in [3.8, 4) is 0 Å². The molecule has 3 aliphatic rings. The molecule has 2 amide bonds. The Morgan fingerprint density at radius 1 is 1.34 bits per heavy atom. The van der Waals surface area contributed by atoms with Crippen molar-refractivity contribution in [1.29, 1.82) is 0 Å². The van der Waals surface area contributed by atoms with Gasteiger partial charge in [-0.3, -0.25) is 4.79 Å². The molecule has 7 heteroatoms. The number of carbonyl (C=O) groups is 2. The highest BCUT2D eigenvalue weighted by molar-refractivity contribution is 6.09. The lowest BCUT2D eigenvalue weighted by Gasteiger charge is -2.45. The minimum absolute atomic E-state index is 0.0432. The predicted octanol–water partition coefficient (Wildman–Crippen LogP) is 3.11. The van der Waals surface area contributed by atoms with Gasteiger partial charge in [0.15, 0.2) is 0 Å². The summed E-state index contributed by atoms with van der Waals surface area (Å²) in [5.41, 5.74) is 3.62. The number of aryl methyl sites for hydroxylation is 1. The van der Waals surface area contributed by atoms with E-state index in [2.05, 4.69) is 11.9 Å². The van der Waals surface area contributed by atoms with E-state index in [1.165, 1.54) is 12.1 Å². The van der Waals surface area contributed by atoms with Gasteiger partial charge in [0.25, 0.3) is 0 Å². The van der Waals surface area contributed by atoms with Crippen molar-refractivity contribution in [3.05, 3.63) is 47.0 Å². The number of carbonyl (C=O) groups excluding carboxylic acids is 2. The lowest BCUT2D eigenvalue weighted by Crippen LogP contribution is -2.65. The van der Waals surface area contributed by atoms with Gasteiger partial charge in [-0.15, -0.1) is 0 Å². The number of para-hydroxylation sites is 1. The van der Waals surface area contributed by atoms with Gasteiger partial charge in [0.1, 0.15) is 11.2 Å². The fourth-order valence-corrected chi connectivity index (χ4v) is 5.03. The topological polar surface area (TPSA) is 78.5 Å². The van der Waals surface area contributed by atoms with Gasteiger partial charge in [-0.25, -0.2) is 9.78 Å². The average Bonchev–Trinajstić information content (AvgIpc) is 3.20. The molecule has 1 unspecified atom stereocenters. The Labute approximate surface area is 170 Å². The number of hydrogen-bond donors (Lipinski definition) is 1. The fourth-order valence-electron chi connectivity index (χ4n) is 5.03. The number of rotatable bonds is 3. The molecule has 7 nitrogen and oxygen atoms in total. The smallest absolute Gasteiger partial charge is 0.409 e. The summed E-state index contributed by atoms with van der Waals surface area (Å²) in [6.07, 6.45) is 2.98. The first-order valence-electron chi connectivity index (χ1n) is 10.4. The Morgan fingerprint density at radius 3 is 2.90 bits per heavy atom. The molecule has 1 N–H and O–H groups in total. The Balaban J connectivity index is 1.42. The van der Waals surface area contributed by atoms with Gasteiger partial charge in [-0.1, -0.05) is 25.1 Å². The Morgan fingerprint density at radius 2 is 2.14 bits per heavy atom. The van der Waals surface area contributed by atoms with Crippen molar-refractivity contribution < 1.29 is 14.3 Å². The van der Waals surface area contributed by atoms with E-state index in [9.17, 15) is 9.59 Å². The van der Waals surface area contributed by atoms with Gasteiger partial charge in [0, 0.05) is 24.5 Å². The average molecular weight is 394 g/mol. The highest BCUT2D eigenvalue weighted by Gasteiger charge is 2.59. The summed E-state index contributed by atoms with van der Waals surface area (Å²) >= 11 is 0. The maximum Gasteiger partial charge on any atom is 0.409 e. The third-order valence-electron chi connectivity index (χ3n) is 6.52. The Bertz CT molecular complexity index is 976. The largest absolute Gasteiger partial charge is 0.450 e. The number of ether oxygens (including phenoxy) is 1. The molecular weight excluding hydrogens is 368 g/mol. The number of aromatic amines is 1. The molecule has 0 radical (unpaired) electrons. The van der Waals surface area contributed by atoms with Crippen LogP contribution in [0.15, 0.2) is 24.3 Å². The molecule has 1 atom stereocenters. The highest BCUT2D eigenvalue weighted by Crippen LogP contribution is 2.48. The molecule has 2 aliphatic heterocycles. The van der Waals surface area contributed by atoms with Crippen LogP contribution in [-0.4, -0.2) is 46.6 Å². The number of amides is 2. The zero-order valence-electron chi connectivity index (χ0n) is 16.9. The molecule has 1 aromatic carbocycles. The Kier molecular flexibility index (Phi) is 4.15. The van der Waals surface area contributed by atoms with Crippen molar-refractivity contribution in [2.75, 3.05) is 24.6 Å². The zero-order valence-corrected chi connectivity index (χ0v) is 16.9. The van der Waals surface area contributed by atoms with Crippen molar-refractivity contribution in [3.63, 3.8) is 0 Å². The van der Waals surface area contributed by atoms with Gasteiger partial charge < -0.3 is 19.5 Å². The quantitative estimate of drug-likeness (QED) is 0.868. The number of hydrogen-bond acceptors (Lipinski definition) is 4. The third-order valence-corrected chi connectivity index (χ3v) is 6.52. The normalized spacial score (nSPS) is 21.7. The number of benzene rings is 1. The third kappa shape index (κ3) is 2.67. The standard InChI is InChI=1S/C22H26N4O3/c1-3-29-21(28)25-12-22(13-25)15-8-4-5-10-17(15)26(20(22)27)11-18-23-16-9-6-7-14(2)19(16)24-18/h4-5,8,10,14H,3,6-7,9,11-13H2,1-2H3,(H,23,24). The molecule has 3 heterocycles. The maximum atomic E-state index is 13.5. The molecular formula is C22H26N4O3. The molecule has 1 aliphatic carbocycles. The fraction of sp³-hybridized carbons (Fsp3) is 0.500. The number of likely N-dealkylation sites (tertiary alicyclic amines) is 1. The number of aromatic nitrogens is 2. The summed E-state index contributed by atoms with van der Waals surface area (Å²) in [6, 6.07) is 7.90. The summed E-state index contributed by atoms with van der Waals surface area (Å²) in [4.78, 5) is 37.3. The van der Waals surface area contributed by atoms with Crippen LogP contribution in [-0.2, 0) is 27.9 Å². The maximum absolute atomic E-state index is 13.5. The lowest BCUT2D eigenvalue weighted by molar-refractivity contribution is -0.128. The molecule has 1 aromatic heterocycles. The number of imidazole rings is 1.